The van der Waals surface area contributed by atoms with Crippen LogP contribution in [-0.2, 0) is 6.61 Å². The second kappa shape index (κ2) is 8.56. The van der Waals surface area contributed by atoms with Crippen LogP contribution in [0.15, 0.2) is 59.0 Å². The summed E-state index contributed by atoms with van der Waals surface area (Å²) in [6, 6.07) is 15.2. The van der Waals surface area contributed by atoms with Crippen molar-refractivity contribution < 1.29 is 27.5 Å². The topological polar surface area (TPSA) is 60.7 Å². The van der Waals surface area contributed by atoms with E-state index >= 15 is 0 Å². The van der Waals surface area contributed by atoms with E-state index in [0.717, 1.165) is 16.9 Å². The Morgan fingerprint density at radius 1 is 1.07 bits per heavy atom. The summed E-state index contributed by atoms with van der Waals surface area (Å²) >= 11 is 0. The number of aryl methyl sites for hydroxylation is 2. The van der Waals surface area contributed by atoms with Crippen molar-refractivity contribution in [2.45, 2.75) is 27.1 Å². The highest BCUT2D eigenvalue weighted by Crippen LogP contribution is 2.28. The third-order valence-electron chi connectivity index (χ3n) is 3.95. The number of benzene rings is 2. The monoisotopic (exact) mass is 387 g/mol. The minimum Gasteiger partial charge on any atom is -0.485 e. The normalized spacial score (nSPS) is 10.8. The summed E-state index contributed by atoms with van der Waals surface area (Å²) in [6.45, 7) is 0.863. The van der Waals surface area contributed by atoms with Gasteiger partial charge in [-0.3, -0.25) is 4.79 Å². The van der Waals surface area contributed by atoms with Crippen molar-refractivity contribution in [3.8, 4) is 11.5 Å². The van der Waals surface area contributed by atoms with Gasteiger partial charge in [-0.05, 0) is 55.3 Å². The van der Waals surface area contributed by atoms with Gasteiger partial charge in [-0.1, -0.05) is 24.3 Å². The number of carbonyl (C=O) groups is 1. The lowest BCUT2D eigenvalue weighted by Crippen LogP contribution is -2.13. The number of alkyl halides is 2. The van der Waals surface area contributed by atoms with E-state index < -0.39 is 12.5 Å². The van der Waals surface area contributed by atoms with Crippen LogP contribution >= 0.6 is 0 Å². The van der Waals surface area contributed by atoms with Crippen molar-refractivity contribution in [3.63, 3.8) is 0 Å². The number of anilines is 1. The molecule has 2 aromatic carbocycles. The number of hydrogen-bond donors (Lipinski definition) is 1. The first-order valence-electron chi connectivity index (χ1n) is 8.56. The predicted molar refractivity (Wildman–Crippen MR) is 100.0 cm³/mol. The maximum absolute atomic E-state index is 12.6. The fraction of sp³-hybridized carbons (Fsp3) is 0.190. The molecular weight excluding hydrogens is 368 g/mol. The second-order valence-electron chi connectivity index (χ2n) is 6.15. The zero-order chi connectivity index (χ0) is 20.1. The van der Waals surface area contributed by atoms with E-state index in [1.165, 1.54) is 12.1 Å². The molecule has 1 heterocycles. The summed E-state index contributed by atoms with van der Waals surface area (Å²) in [7, 11) is 0. The smallest absolute Gasteiger partial charge is 0.387 e. The summed E-state index contributed by atoms with van der Waals surface area (Å²) in [5, 5.41) is 2.54. The van der Waals surface area contributed by atoms with Gasteiger partial charge in [-0.25, -0.2) is 0 Å². The van der Waals surface area contributed by atoms with Crippen LogP contribution in [0.3, 0.4) is 0 Å². The lowest BCUT2D eigenvalue weighted by atomic mass is 10.2. The zero-order valence-corrected chi connectivity index (χ0v) is 15.4. The van der Waals surface area contributed by atoms with E-state index in [1.807, 2.05) is 31.2 Å². The fourth-order valence-corrected chi connectivity index (χ4v) is 2.57. The fourth-order valence-electron chi connectivity index (χ4n) is 2.57. The van der Waals surface area contributed by atoms with Crippen LogP contribution in [0.1, 0.15) is 27.4 Å². The number of amides is 1. The lowest BCUT2D eigenvalue weighted by molar-refractivity contribution is -0.0493. The van der Waals surface area contributed by atoms with Gasteiger partial charge in [0.1, 0.15) is 23.9 Å². The standard InChI is InChI=1S/C21H19F2NO4/c1-13-7-9-18(28-21(22)23)16(11-13)24-20(25)19-10-8-15(27-19)12-26-17-6-4-3-5-14(17)2/h3-11,21H,12H2,1-2H3,(H,24,25). The Labute approximate surface area is 160 Å². The Hall–Kier alpha value is -3.35. The Morgan fingerprint density at radius 3 is 2.61 bits per heavy atom. The van der Waals surface area contributed by atoms with Gasteiger partial charge in [0.15, 0.2) is 5.76 Å². The number of rotatable bonds is 7. The maximum Gasteiger partial charge on any atom is 0.387 e. The quantitative estimate of drug-likeness (QED) is 0.595. The first-order chi connectivity index (χ1) is 13.4. The average Bonchev–Trinajstić information content (AvgIpc) is 3.12. The summed E-state index contributed by atoms with van der Waals surface area (Å²) in [5.41, 5.74) is 1.90. The van der Waals surface area contributed by atoms with E-state index in [0.29, 0.717) is 5.76 Å². The van der Waals surface area contributed by atoms with Crippen LogP contribution in [0, 0.1) is 13.8 Å². The van der Waals surface area contributed by atoms with Crippen LogP contribution in [0.25, 0.3) is 0 Å². The van der Waals surface area contributed by atoms with Gasteiger partial charge in [-0.2, -0.15) is 8.78 Å². The number of carbonyl (C=O) groups excluding carboxylic acids is 1. The second-order valence-corrected chi connectivity index (χ2v) is 6.15. The Kier molecular flexibility index (Phi) is 5.93. The van der Waals surface area contributed by atoms with Gasteiger partial charge in [-0.15, -0.1) is 0 Å². The molecular formula is C21H19F2NO4. The minimum absolute atomic E-state index is 0.0351. The number of ether oxygens (including phenoxy) is 2. The van der Waals surface area contributed by atoms with Crippen molar-refractivity contribution in [2.24, 2.45) is 0 Å². The highest BCUT2D eigenvalue weighted by Gasteiger charge is 2.16. The van der Waals surface area contributed by atoms with E-state index in [1.54, 1.807) is 25.1 Å². The first kappa shape index (κ1) is 19.4. The third kappa shape index (κ3) is 4.88. The molecule has 1 N–H and O–H groups in total. The molecule has 0 aliphatic carbocycles. The molecule has 0 fully saturated rings. The Morgan fingerprint density at radius 2 is 1.86 bits per heavy atom. The molecule has 0 saturated carbocycles. The van der Waals surface area contributed by atoms with Crippen LogP contribution in [-0.4, -0.2) is 12.5 Å². The molecule has 3 aromatic rings. The molecule has 0 bridgehead atoms. The van der Waals surface area contributed by atoms with Crippen molar-refractivity contribution in [3.05, 3.63) is 77.2 Å². The van der Waals surface area contributed by atoms with E-state index in [9.17, 15) is 13.6 Å². The minimum atomic E-state index is -2.99. The molecule has 0 spiro atoms. The van der Waals surface area contributed by atoms with Crippen molar-refractivity contribution in [2.75, 3.05) is 5.32 Å². The summed E-state index contributed by atoms with van der Waals surface area (Å²) < 4.78 is 40.7. The molecule has 28 heavy (non-hydrogen) atoms. The van der Waals surface area contributed by atoms with Crippen LogP contribution in [0.5, 0.6) is 11.5 Å². The molecule has 1 amide bonds. The van der Waals surface area contributed by atoms with Crippen LogP contribution in [0.4, 0.5) is 14.5 Å². The Balaban J connectivity index is 1.68. The number of para-hydroxylation sites is 1. The molecule has 7 heteroatoms. The summed E-state index contributed by atoms with van der Waals surface area (Å²) in [6.07, 6.45) is 0. The van der Waals surface area contributed by atoms with Crippen LogP contribution < -0.4 is 14.8 Å². The molecule has 146 valence electrons. The SMILES string of the molecule is Cc1ccc(OC(F)F)c(NC(=O)c2ccc(COc3ccccc3C)o2)c1. The van der Waals surface area contributed by atoms with E-state index in [-0.39, 0.29) is 23.8 Å². The predicted octanol–water partition coefficient (Wildman–Crippen LogP) is 5.33. The van der Waals surface area contributed by atoms with Crippen molar-refractivity contribution >= 4 is 11.6 Å². The largest absolute Gasteiger partial charge is 0.485 e. The molecule has 0 aliphatic heterocycles. The maximum atomic E-state index is 12.6. The Bertz CT molecular complexity index is 969. The molecule has 0 atom stereocenters. The molecule has 0 saturated heterocycles. The average molecular weight is 387 g/mol. The van der Waals surface area contributed by atoms with Gasteiger partial charge >= 0.3 is 6.61 Å². The number of hydrogen-bond acceptors (Lipinski definition) is 4. The molecule has 0 unspecified atom stereocenters. The number of furan rings is 1. The van der Waals surface area contributed by atoms with Gasteiger partial charge in [0.05, 0.1) is 5.69 Å². The van der Waals surface area contributed by atoms with E-state index in [2.05, 4.69) is 10.1 Å². The third-order valence-corrected chi connectivity index (χ3v) is 3.95. The first-order valence-corrected chi connectivity index (χ1v) is 8.56. The molecule has 5 nitrogen and oxygen atoms in total. The molecule has 3 rings (SSSR count). The highest BCUT2D eigenvalue weighted by atomic mass is 19.3. The van der Waals surface area contributed by atoms with Crippen molar-refractivity contribution in [1.29, 1.82) is 0 Å². The molecule has 1 aromatic heterocycles. The zero-order valence-electron chi connectivity index (χ0n) is 15.4. The van der Waals surface area contributed by atoms with Gasteiger partial charge < -0.3 is 19.2 Å². The molecule has 0 radical (unpaired) electrons. The van der Waals surface area contributed by atoms with E-state index in [4.69, 9.17) is 9.15 Å². The lowest BCUT2D eigenvalue weighted by Gasteiger charge is -2.12. The van der Waals surface area contributed by atoms with Crippen molar-refractivity contribution in [1.82, 2.24) is 0 Å². The molecule has 0 aliphatic rings. The summed E-state index contributed by atoms with van der Waals surface area (Å²) in [4.78, 5) is 12.4. The van der Waals surface area contributed by atoms with Crippen LogP contribution in [0.2, 0.25) is 0 Å². The van der Waals surface area contributed by atoms with Gasteiger partial charge in [0.2, 0.25) is 0 Å². The summed E-state index contributed by atoms with van der Waals surface area (Å²) in [5.74, 6) is 0.517. The number of nitrogens with one attached hydrogen (secondary N) is 1. The van der Waals surface area contributed by atoms with Gasteiger partial charge in [0, 0.05) is 0 Å². The number of halogens is 2. The highest BCUT2D eigenvalue weighted by molar-refractivity contribution is 6.03. The van der Waals surface area contributed by atoms with Gasteiger partial charge in [0.25, 0.3) is 5.91 Å².